The Morgan fingerprint density at radius 1 is 1.05 bits per heavy atom. The summed E-state index contributed by atoms with van der Waals surface area (Å²) in [7, 11) is 0. The molecule has 2 aromatic carbocycles. The van der Waals surface area contributed by atoms with Crippen LogP contribution in [-0.2, 0) is 11.3 Å². The van der Waals surface area contributed by atoms with Crippen LogP contribution in [0.4, 0.5) is 10.5 Å². The van der Waals surface area contributed by atoms with E-state index in [2.05, 4.69) is 50.4 Å². The van der Waals surface area contributed by atoms with E-state index in [1.807, 2.05) is 12.1 Å². The van der Waals surface area contributed by atoms with Crippen molar-refractivity contribution in [2.75, 3.05) is 31.5 Å². The number of nitrogens with zero attached hydrogens (tertiary/aromatic N) is 2. The van der Waals surface area contributed by atoms with Crippen molar-refractivity contribution < 1.29 is 14.4 Å². The molecule has 1 aliphatic heterocycles. The Morgan fingerprint density at radius 2 is 1.81 bits per heavy atom. The summed E-state index contributed by atoms with van der Waals surface area (Å²) in [5.41, 5.74) is 2.30. The van der Waals surface area contributed by atoms with Crippen LogP contribution in [0.1, 0.15) is 48.5 Å². The second-order valence-electron chi connectivity index (χ2n) is 9.39. The van der Waals surface area contributed by atoms with Gasteiger partial charge in [-0.1, -0.05) is 43.3 Å². The predicted molar refractivity (Wildman–Crippen MR) is 143 cm³/mol. The summed E-state index contributed by atoms with van der Waals surface area (Å²) in [6.45, 7) is 5.00. The summed E-state index contributed by atoms with van der Waals surface area (Å²) in [6.07, 6.45) is 3.02. The van der Waals surface area contributed by atoms with E-state index in [4.69, 9.17) is 5.26 Å². The van der Waals surface area contributed by atoms with Gasteiger partial charge in [0.15, 0.2) is 0 Å². The summed E-state index contributed by atoms with van der Waals surface area (Å²) in [5, 5.41) is 19.8. The number of carbonyl (C=O) groups excluding carboxylic acids is 3. The second kappa shape index (κ2) is 14.6. The lowest BCUT2D eigenvalue weighted by Crippen LogP contribution is -2.45. The van der Waals surface area contributed by atoms with Gasteiger partial charge in [-0.3, -0.25) is 14.5 Å². The molecule has 1 unspecified atom stereocenters. The van der Waals surface area contributed by atoms with Crippen LogP contribution in [0.3, 0.4) is 0 Å². The minimum Gasteiger partial charge on any atom is -0.352 e. The molecule has 37 heavy (non-hydrogen) atoms. The van der Waals surface area contributed by atoms with Gasteiger partial charge in [0.2, 0.25) is 5.91 Å². The first-order valence-electron chi connectivity index (χ1n) is 12.8. The summed E-state index contributed by atoms with van der Waals surface area (Å²) in [6, 6.07) is 18.9. The number of likely N-dealkylation sites (tertiary alicyclic amines) is 1. The van der Waals surface area contributed by atoms with Crippen LogP contribution in [0.15, 0.2) is 54.6 Å². The molecular formula is C28H36N6O3. The molecule has 1 aliphatic rings. The standard InChI is InChI=1S/C28H36N6O3/c1-21(26(35)31-16-14-29)7-6-15-30-27(36)23-10-5-11-25(19-23)33-28(37)32-24-12-17-34(18-13-24)20-22-8-3-2-4-9-22/h2-5,8-11,19,21,24H,6-7,12-13,15-18,20H2,1H3,(H,30,36)(H,31,35)(H2,32,33,37). The van der Waals surface area contributed by atoms with Crippen molar-refractivity contribution >= 4 is 23.5 Å². The van der Waals surface area contributed by atoms with Crippen molar-refractivity contribution in [1.82, 2.24) is 20.9 Å². The number of benzene rings is 2. The molecule has 3 rings (SSSR count). The molecule has 4 amide bonds. The van der Waals surface area contributed by atoms with Crippen LogP contribution in [0.5, 0.6) is 0 Å². The Kier molecular flexibility index (Phi) is 10.9. The molecule has 0 aromatic heterocycles. The number of carbonyl (C=O) groups is 3. The summed E-state index contributed by atoms with van der Waals surface area (Å²) in [5.74, 6) is -0.633. The largest absolute Gasteiger partial charge is 0.352 e. The van der Waals surface area contributed by atoms with E-state index in [1.165, 1.54) is 5.56 Å². The fourth-order valence-corrected chi connectivity index (χ4v) is 4.31. The fraction of sp³-hybridized carbons (Fsp3) is 0.429. The van der Waals surface area contributed by atoms with Crippen LogP contribution in [-0.4, -0.2) is 55.0 Å². The van der Waals surface area contributed by atoms with Gasteiger partial charge in [0, 0.05) is 49.4 Å². The number of urea groups is 1. The smallest absolute Gasteiger partial charge is 0.319 e. The molecule has 1 atom stereocenters. The van der Waals surface area contributed by atoms with E-state index in [0.717, 1.165) is 32.5 Å². The lowest BCUT2D eigenvalue weighted by atomic mass is 10.0. The first-order valence-corrected chi connectivity index (χ1v) is 12.8. The third kappa shape index (κ3) is 9.58. The van der Waals surface area contributed by atoms with Crippen LogP contribution in [0, 0.1) is 17.2 Å². The number of rotatable bonds is 11. The molecule has 1 heterocycles. The van der Waals surface area contributed by atoms with Crippen molar-refractivity contribution in [3.05, 3.63) is 65.7 Å². The van der Waals surface area contributed by atoms with E-state index in [-0.39, 0.29) is 36.3 Å². The number of hydrogen-bond acceptors (Lipinski definition) is 5. The first-order chi connectivity index (χ1) is 17.9. The topological polar surface area (TPSA) is 126 Å². The third-order valence-electron chi connectivity index (χ3n) is 6.44. The van der Waals surface area contributed by atoms with Gasteiger partial charge in [-0.25, -0.2) is 4.79 Å². The maximum atomic E-state index is 12.5. The lowest BCUT2D eigenvalue weighted by Gasteiger charge is -2.32. The average molecular weight is 505 g/mol. The number of piperidine rings is 1. The van der Waals surface area contributed by atoms with Crippen molar-refractivity contribution in [3.8, 4) is 6.07 Å². The highest BCUT2D eigenvalue weighted by molar-refractivity contribution is 5.96. The monoisotopic (exact) mass is 504 g/mol. The van der Waals surface area contributed by atoms with Crippen LogP contribution in [0.2, 0.25) is 0 Å². The average Bonchev–Trinajstić information content (AvgIpc) is 2.91. The zero-order valence-corrected chi connectivity index (χ0v) is 21.3. The number of anilines is 1. The highest BCUT2D eigenvalue weighted by Crippen LogP contribution is 2.15. The maximum Gasteiger partial charge on any atom is 0.319 e. The predicted octanol–water partition coefficient (Wildman–Crippen LogP) is 3.26. The fourth-order valence-electron chi connectivity index (χ4n) is 4.31. The molecule has 4 N–H and O–H groups in total. The normalized spacial score (nSPS) is 14.7. The third-order valence-corrected chi connectivity index (χ3v) is 6.44. The summed E-state index contributed by atoms with van der Waals surface area (Å²) >= 11 is 0. The lowest BCUT2D eigenvalue weighted by molar-refractivity contribution is -0.124. The van der Waals surface area contributed by atoms with E-state index >= 15 is 0 Å². The molecule has 1 saturated heterocycles. The van der Waals surface area contributed by atoms with Crippen molar-refractivity contribution in [3.63, 3.8) is 0 Å². The number of nitrogens with one attached hydrogen (secondary N) is 4. The summed E-state index contributed by atoms with van der Waals surface area (Å²) < 4.78 is 0. The van der Waals surface area contributed by atoms with Crippen molar-refractivity contribution in [1.29, 1.82) is 5.26 Å². The molecule has 0 saturated carbocycles. The summed E-state index contributed by atoms with van der Waals surface area (Å²) in [4.78, 5) is 39.3. The zero-order chi connectivity index (χ0) is 26.5. The van der Waals surface area contributed by atoms with Gasteiger partial charge in [0.25, 0.3) is 5.91 Å². The quantitative estimate of drug-likeness (QED) is 0.276. The first kappa shape index (κ1) is 27.7. The number of amides is 4. The molecule has 1 fully saturated rings. The Bertz CT molecular complexity index is 1080. The van der Waals surface area contributed by atoms with Gasteiger partial charge < -0.3 is 21.3 Å². The second-order valence-corrected chi connectivity index (χ2v) is 9.39. The van der Waals surface area contributed by atoms with Gasteiger partial charge in [-0.15, -0.1) is 0 Å². The van der Waals surface area contributed by atoms with Gasteiger partial charge >= 0.3 is 6.03 Å². The van der Waals surface area contributed by atoms with E-state index in [9.17, 15) is 14.4 Å². The highest BCUT2D eigenvalue weighted by Gasteiger charge is 2.21. The minimum atomic E-state index is -0.275. The van der Waals surface area contributed by atoms with Crippen molar-refractivity contribution in [2.24, 2.45) is 5.92 Å². The molecule has 9 nitrogen and oxygen atoms in total. The van der Waals surface area contributed by atoms with E-state index in [0.29, 0.717) is 30.6 Å². The number of hydrogen-bond donors (Lipinski definition) is 4. The van der Waals surface area contributed by atoms with E-state index < -0.39 is 0 Å². The highest BCUT2D eigenvalue weighted by atomic mass is 16.2. The van der Waals surface area contributed by atoms with Crippen LogP contribution < -0.4 is 21.3 Å². The zero-order valence-electron chi connectivity index (χ0n) is 21.3. The van der Waals surface area contributed by atoms with Crippen LogP contribution >= 0.6 is 0 Å². The number of nitriles is 1. The molecule has 9 heteroatoms. The molecule has 0 bridgehead atoms. The Balaban J connectivity index is 1.36. The molecule has 196 valence electrons. The molecule has 2 aromatic rings. The Morgan fingerprint density at radius 3 is 2.54 bits per heavy atom. The SMILES string of the molecule is CC(CCCNC(=O)c1cccc(NC(=O)NC2CCN(Cc3ccccc3)CC2)c1)C(=O)NCC#N. The molecule has 0 spiro atoms. The Labute approximate surface area is 218 Å². The van der Waals surface area contributed by atoms with Gasteiger partial charge in [0.1, 0.15) is 6.54 Å². The molecule has 0 radical (unpaired) electrons. The minimum absolute atomic E-state index is 0.00365. The maximum absolute atomic E-state index is 12.5. The van der Waals surface area contributed by atoms with E-state index in [1.54, 1.807) is 31.2 Å². The van der Waals surface area contributed by atoms with Crippen LogP contribution in [0.25, 0.3) is 0 Å². The van der Waals surface area contributed by atoms with Gasteiger partial charge in [-0.2, -0.15) is 5.26 Å². The molecular weight excluding hydrogens is 468 g/mol. The van der Waals surface area contributed by atoms with Gasteiger partial charge in [0.05, 0.1) is 6.07 Å². The van der Waals surface area contributed by atoms with Gasteiger partial charge in [-0.05, 0) is 49.4 Å². The molecule has 0 aliphatic carbocycles. The van der Waals surface area contributed by atoms with Crippen molar-refractivity contribution in [2.45, 2.75) is 45.2 Å². The Hall–Kier alpha value is -3.90.